The Morgan fingerprint density at radius 1 is 0.917 bits per heavy atom. The summed E-state index contributed by atoms with van der Waals surface area (Å²) in [5, 5.41) is 0. The summed E-state index contributed by atoms with van der Waals surface area (Å²) < 4.78 is 29.8. The second-order valence-corrected chi connectivity index (χ2v) is 15.6. The molecule has 2 amide bonds. The minimum atomic E-state index is -3.09. The zero-order chi connectivity index (χ0) is 34.6. The lowest BCUT2D eigenvalue weighted by Crippen LogP contribution is -2.54. The number of aliphatic imine (C=N–C) groups is 1. The van der Waals surface area contributed by atoms with Gasteiger partial charge in [-0.3, -0.25) is 14.8 Å². The third-order valence-corrected chi connectivity index (χ3v) is 9.84. The molecule has 0 N–H and O–H groups in total. The smallest absolute Gasteiger partial charge is 0.326 e. The van der Waals surface area contributed by atoms with Crippen LogP contribution in [-0.2, 0) is 15.3 Å². The number of rotatable bonds is 8. The van der Waals surface area contributed by atoms with Crippen molar-refractivity contribution in [3.8, 4) is 30.4 Å². The molecule has 9 heteroatoms. The Bertz CT molecular complexity index is 1860. The van der Waals surface area contributed by atoms with Crippen molar-refractivity contribution < 1.29 is 17.9 Å². The Kier molecular flexibility index (Phi) is 10.3. The minimum absolute atomic E-state index is 0.0878. The Labute approximate surface area is 285 Å². The molecule has 1 saturated heterocycles. The molecule has 2 atom stereocenters. The first-order valence-corrected chi connectivity index (χ1v) is 18.4. The van der Waals surface area contributed by atoms with Gasteiger partial charge in [0.15, 0.2) is 0 Å². The molecule has 48 heavy (non-hydrogen) atoms. The van der Waals surface area contributed by atoms with Crippen LogP contribution in [0.5, 0.6) is 5.75 Å². The Morgan fingerprint density at radius 3 is 2.02 bits per heavy atom. The van der Waals surface area contributed by atoms with E-state index in [0.29, 0.717) is 50.9 Å². The van der Waals surface area contributed by atoms with Crippen LogP contribution in [0.3, 0.4) is 0 Å². The molecule has 250 valence electrons. The topological polar surface area (TPSA) is 82.5 Å². The number of amides is 2. The SMILES string of the molecule is C#Cc1ccc(C2N=C(c3ccc(C(C)(C)C)cc3OCC)N(C(=O)N3CCN(CCS(C)(=O)=O)CC3)C2c2ccc(C#C)cc2)cc1. The van der Waals surface area contributed by atoms with Crippen LogP contribution in [0.1, 0.15) is 73.2 Å². The highest BCUT2D eigenvalue weighted by atomic mass is 32.2. The number of amidine groups is 1. The third-order valence-electron chi connectivity index (χ3n) is 8.92. The third kappa shape index (κ3) is 7.76. The van der Waals surface area contributed by atoms with Crippen LogP contribution in [0, 0.1) is 24.7 Å². The maximum atomic E-state index is 14.8. The molecule has 2 unspecified atom stereocenters. The molecule has 0 saturated carbocycles. The lowest BCUT2D eigenvalue weighted by atomic mass is 9.86. The predicted molar refractivity (Wildman–Crippen MR) is 192 cm³/mol. The molecule has 0 spiro atoms. The standard InChI is InChI=1S/C39H44N4O4S/c1-8-28-11-15-30(16-12-28)35-36(31-17-13-29(9-2)14-18-31)43(38(44)42-23-21-41(22-24-42)25-26-48(7,45)46)37(40-35)33-20-19-32(39(4,5)6)27-34(33)47-10-3/h1-2,11-20,27,35-36H,10,21-26H2,3-7H3. The van der Waals surface area contributed by atoms with Crippen molar-refractivity contribution in [2.24, 2.45) is 4.99 Å². The summed E-state index contributed by atoms with van der Waals surface area (Å²) in [5.74, 6) is 6.65. The number of sulfone groups is 1. The molecule has 2 aliphatic heterocycles. The zero-order valence-corrected chi connectivity index (χ0v) is 29.3. The quantitative estimate of drug-likeness (QED) is 0.290. The van der Waals surface area contributed by atoms with Crippen molar-refractivity contribution >= 4 is 21.7 Å². The van der Waals surface area contributed by atoms with E-state index in [1.165, 1.54) is 6.26 Å². The largest absolute Gasteiger partial charge is 0.493 e. The van der Waals surface area contributed by atoms with Gasteiger partial charge >= 0.3 is 6.03 Å². The molecule has 3 aromatic carbocycles. The van der Waals surface area contributed by atoms with Crippen LogP contribution >= 0.6 is 0 Å². The van der Waals surface area contributed by atoms with E-state index >= 15 is 0 Å². The maximum absolute atomic E-state index is 14.8. The molecule has 8 nitrogen and oxygen atoms in total. The number of ether oxygens (including phenoxy) is 1. The number of terminal acetylenes is 2. The molecule has 3 aromatic rings. The zero-order valence-electron chi connectivity index (χ0n) is 28.4. The summed E-state index contributed by atoms with van der Waals surface area (Å²) in [5.41, 5.74) is 5.04. The van der Waals surface area contributed by atoms with E-state index in [1.807, 2.05) is 71.3 Å². The highest BCUT2D eigenvalue weighted by molar-refractivity contribution is 7.90. The molecule has 2 heterocycles. The maximum Gasteiger partial charge on any atom is 0.326 e. The summed E-state index contributed by atoms with van der Waals surface area (Å²) in [6.45, 7) is 11.4. The van der Waals surface area contributed by atoms with Crippen LogP contribution in [0.4, 0.5) is 4.79 Å². The van der Waals surface area contributed by atoms with Gasteiger partial charge in [-0.1, -0.05) is 62.9 Å². The second-order valence-electron chi connectivity index (χ2n) is 13.4. The van der Waals surface area contributed by atoms with Crippen LogP contribution < -0.4 is 4.74 Å². The van der Waals surface area contributed by atoms with E-state index < -0.39 is 21.9 Å². The first-order valence-electron chi connectivity index (χ1n) is 16.3. The molecule has 0 aliphatic carbocycles. The molecular weight excluding hydrogens is 621 g/mol. The van der Waals surface area contributed by atoms with Crippen molar-refractivity contribution in [1.82, 2.24) is 14.7 Å². The number of hydrogen-bond acceptors (Lipinski definition) is 6. The molecular formula is C39H44N4O4S. The number of carbonyl (C=O) groups is 1. The average molecular weight is 665 g/mol. The van der Waals surface area contributed by atoms with Crippen molar-refractivity contribution in [1.29, 1.82) is 0 Å². The molecule has 2 aliphatic rings. The second kappa shape index (κ2) is 14.3. The lowest BCUT2D eigenvalue weighted by molar-refractivity contribution is 0.122. The first-order chi connectivity index (χ1) is 22.8. The minimum Gasteiger partial charge on any atom is -0.493 e. The Balaban J connectivity index is 1.62. The van der Waals surface area contributed by atoms with Crippen molar-refractivity contribution in [2.45, 2.75) is 45.2 Å². The average Bonchev–Trinajstić information content (AvgIpc) is 3.47. The molecule has 0 bridgehead atoms. The number of urea groups is 1. The highest BCUT2D eigenvalue weighted by Gasteiger charge is 2.45. The van der Waals surface area contributed by atoms with E-state index in [4.69, 9.17) is 22.6 Å². The van der Waals surface area contributed by atoms with E-state index in [9.17, 15) is 13.2 Å². The molecule has 0 aromatic heterocycles. The summed E-state index contributed by atoms with van der Waals surface area (Å²) >= 11 is 0. The molecule has 5 rings (SSSR count). The number of nitrogens with zero attached hydrogens (tertiary/aromatic N) is 4. The van der Waals surface area contributed by atoms with E-state index in [0.717, 1.165) is 33.4 Å². The molecule has 1 fully saturated rings. The van der Waals surface area contributed by atoms with Gasteiger partial charge in [0.1, 0.15) is 27.5 Å². The summed E-state index contributed by atoms with van der Waals surface area (Å²) in [6.07, 6.45) is 12.6. The van der Waals surface area contributed by atoms with Crippen LogP contribution in [0.15, 0.2) is 71.7 Å². The van der Waals surface area contributed by atoms with Gasteiger partial charge in [-0.05, 0) is 65.4 Å². The van der Waals surface area contributed by atoms with E-state index in [-0.39, 0.29) is 17.2 Å². The lowest BCUT2D eigenvalue weighted by Gasteiger charge is -2.39. The number of hydrogen-bond donors (Lipinski definition) is 0. The fraction of sp³-hybridized carbons (Fsp3) is 0.385. The van der Waals surface area contributed by atoms with Gasteiger partial charge in [0.05, 0.1) is 24.0 Å². The van der Waals surface area contributed by atoms with Crippen molar-refractivity contribution in [2.75, 3.05) is 51.3 Å². The van der Waals surface area contributed by atoms with Crippen molar-refractivity contribution in [3.63, 3.8) is 0 Å². The summed E-state index contributed by atoms with van der Waals surface area (Å²) in [4.78, 5) is 25.9. The van der Waals surface area contributed by atoms with Gasteiger partial charge in [-0.25, -0.2) is 13.2 Å². The van der Waals surface area contributed by atoms with Gasteiger partial charge in [0.25, 0.3) is 0 Å². The number of piperazine rings is 1. The Hall–Kier alpha value is -4.57. The van der Waals surface area contributed by atoms with Gasteiger partial charge in [0.2, 0.25) is 0 Å². The van der Waals surface area contributed by atoms with E-state index in [1.54, 1.807) is 0 Å². The highest BCUT2D eigenvalue weighted by Crippen LogP contribution is 2.45. The fourth-order valence-electron chi connectivity index (χ4n) is 6.15. The monoisotopic (exact) mass is 664 g/mol. The van der Waals surface area contributed by atoms with Crippen LogP contribution in [0.2, 0.25) is 0 Å². The molecule has 0 radical (unpaired) electrons. The van der Waals surface area contributed by atoms with Gasteiger partial charge < -0.3 is 9.64 Å². The van der Waals surface area contributed by atoms with Gasteiger partial charge in [-0.2, -0.15) is 0 Å². The van der Waals surface area contributed by atoms with Crippen LogP contribution in [-0.4, -0.2) is 86.3 Å². The summed E-state index contributed by atoms with van der Waals surface area (Å²) in [7, 11) is -3.09. The normalized spacial score (nSPS) is 18.6. The van der Waals surface area contributed by atoms with E-state index in [2.05, 4.69) is 49.6 Å². The van der Waals surface area contributed by atoms with Gasteiger partial charge in [-0.15, -0.1) is 12.8 Å². The van der Waals surface area contributed by atoms with Gasteiger partial charge in [0, 0.05) is 50.1 Å². The fourth-order valence-corrected chi connectivity index (χ4v) is 6.74. The summed E-state index contributed by atoms with van der Waals surface area (Å²) in [6, 6.07) is 20.5. The number of carbonyl (C=O) groups excluding carboxylic acids is 1. The number of benzene rings is 3. The predicted octanol–water partition coefficient (Wildman–Crippen LogP) is 5.67. The Morgan fingerprint density at radius 2 is 1.50 bits per heavy atom. The first kappa shape index (κ1) is 34.8. The van der Waals surface area contributed by atoms with Crippen LogP contribution in [0.25, 0.3) is 0 Å². The van der Waals surface area contributed by atoms with Crippen molar-refractivity contribution in [3.05, 3.63) is 100 Å².